The van der Waals surface area contributed by atoms with Gasteiger partial charge in [0.25, 0.3) is 5.91 Å². The van der Waals surface area contributed by atoms with Gasteiger partial charge in [0.05, 0.1) is 49.5 Å². The fourth-order valence-electron chi connectivity index (χ4n) is 10.7. The van der Waals surface area contributed by atoms with Gasteiger partial charge in [0, 0.05) is 70.8 Å². The van der Waals surface area contributed by atoms with Gasteiger partial charge in [0.15, 0.2) is 5.78 Å². The summed E-state index contributed by atoms with van der Waals surface area (Å²) < 4.78 is 29.1. The van der Waals surface area contributed by atoms with E-state index < -0.39 is 104 Å². The van der Waals surface area contributed by atoms with Gasteiger partial charge in [-0.05, 0) is 60.3 Å². The molecule has 5 unspecified atom stereocenters. The van der Waals surface area contributed by atoms with Crippen LogP contribution in [0.2, 0.25) is 0 Å². The summed E-state index contributed by atoms with van der Waals surface area (Å²) >= 11 is 0. The van der Waals surface area contributed by atoms with Gasteiger partial charge in [0.1, 0.15) is 43.1 Å². The van der Waals surface area contributed by atoms with E-state index in [2.05, 4.69) is 10.2 Å². The number of hydrogen-bond donors (Lipinski definition) is 6. The molecular formula is C56H87N5O16. The molecule has 0 aliphatic carbocycles. The van der Waals surface area contributed by atoms with Crippen LogP contribution in [0.4, 0.5) is 10.5 Å². The van der Waals surface area contributed by atoms with Gasteiger partial charge in [-0.15, -0.1) is 0 Å². The predicted molar refractivity (Wildman–Crippen MR) is 284 cm³/mol. The molecule has 21 heteroatoms. The zero-order valence-electron chi connectivity index (χ0n) is 47.0. The maximum Gasteiger partial charge on any atom is 0.410 e. The zero-order valence-corrected chi connectivity index (χ0v) is 47.0. The maximum absolute atomic E-state index is 14.8. The Morgan fingerprint density at radius 3 is 2.12 bits per heavy atom. The third-order valence-corrected chi connectivity index (χ3v) is 15.4. The van der Waals surface area contributed by atoms with Crippen molar-refractivity contribution < 1.29 is 77.7 Å². The topological polar surface area (TPSA) is 286 Å². The molecule has 2 fully saturated rings. The fourth-order valence-corrected chi connectivity index (χ4v) is 10.7. The van der Waals surface area contributed by atoms with Crippen LogP contribution in [0.5, 0.6) is 5.75 Å². The molecule has 14 atom stereocenters. The molecule has 0 bridgehead atoms. The zero-order chi connectivity index (χ0) is 57.4. The van der Waals surface area contributed by atoms with Crippen LogP contribution in [0.25, 0.3) is 0 Å². The first kappa shape index (κ1) is 64.4. The molecule has 2 saturated heterocycles. The largest absolute Gasteiger partial charge is 0.462 e. The first-order chi connectivity index (χ1) is 36.4. The number of carbonyl (C=O) groups is 6. The van der Waals surface area contributed by atoms with Crippen LogP contribution in [0, 0.1) is 35.5 Å². The number of likely N-dealkylation sites (N-methyl/N-ethyl adjacent to an activating group) is 2. The lowest BCUT2D eigenvalue weighted by molar-refractivity contribution is -0.242. The number of ether oxygens (including phenoxy) is 5. The van der Waals surface area contributed by atoms with Crippen LogP contribution in [0.3, 0.4) is 0 Å². The molecule has 2 aliphatic heterocycles. The molecule has 77 heavy (non-hydrogen) atoms. The van der Waals surface area contributed by atoms with Gasteiger partial charge < -0.3 is 64.1 Å². The van der Waals surface area contributed by atoms with Crippen molar-refractivity contribution in [3.63, 3.8) is 0 Å². The molecule has 0 radical (unpaired) electrons. The average Bonchev–Trinajstić information content (AvgIpc) is 3.89. The minimum atomic E-state index is -1.65. The highest BCUT2D eigenvalue weighted by atomic mass is 16.7. The second-order valence-corrected chi connectivity index (χ2v) is 21.5. The van der Waals surface area contributed by atoms with Crippen molar-refractivity contribution in [3.05, 3.63) is 59.7 Å². The second kappa shape index (κ2) is 30.3. The molecular weight excluding hydrogens is 999 g/mol. The SMILES string of the molecule is CC[C@H](C)C([C@@H](CC(=O)N1CCC[C@H]1[C@H](OC)[C@@H](C)C(=O)C[C@H](C)[C@@H](O)c1ccccc1)OC)N(C)C(=O)[C@@H](CC(=O)[C@H](C(C)C)N(C)C(=O)OCc1cc(NC(=O)CON)ccc1OC1OCC(O)C(O)C1O)C(C)C. The van der Waals surface area contributed by atoms with Crippen molar-refractivity contribution in [2.75, 3.05) is 53.4 Å². The van der Waals surface area contributed by atoms with Crippen molar-refractivity contribution >= 4 is 41.1 Å². The minimum Gasteiger partial charge on any atom is -0.462 e. The summed E-state index contributed by atoms with van der Waals surface area (Å²) in [6.07, 6.45) is -7.26. The van der Waals surface area contributed by atoms with E-state index in [1.165, 1.54) is 32.4 Å². The van der Waals surface area contributed by atoms with E-state index in [0.29, 0.717) is 25.8 Å². The molecule has 7 N–H and O–H groups in total. The number of Topliss-reactive ketones (excluding diaryl/α,β-unsaturated/α-hetero) is 2. The Hall–Kier alpha value is -5.10. The Morgan fingerprint density at radius 1 is 0.844 bits per heavy atom. The van der Waals surface area contributed by atoms with Crippen LogP contribution >= 0.6 is 0 Å². The molecule has 2 heterocycles. The Bertz CT molecular complexity index is 2240. The molecule has 0 spiro atoms. The number of anilines is 1. The number of nitrogens with one attached hydrogen (secondary N) is 1. The van der Waals surface area contributed by atoms with Gasteiger partial charge in [-0.1, -0.05) is 92.1 Å². The molecule has 2 aliphatic rings. The quantitative estimate of drug-likeness (QED) is 0.0616. The number of rotatable bonds is 29. The Kier molecular flexibility index (Phi) is 25.4. The average molecular weight is 1090 g/mol. The van der Waals surface area contributed by atoms with E-state index in [1.54, 1.807) is 37.8 Å². The number of amides is 4. The molecule has 4 rings (SSSR count). The van der Waals surface area contributed by atoms with Crippen LogP contribution in [0.1, 0.15) is 111 Å². The van der Waals surface area contributed by atoms with E-state index in [0.717, 1.165) is 10.5 Å². The first-order valence-corrected chi connectivity index (χ1v) is 26.8. The number of hydrogen-bond acceptors (Lipinski definition) is 17. The van der Waals surface area contributed by atoms with Crippen LogP contribution in [0.15, 0.2) is 48.5 Å². The number of benzene rings is 2. The number of carbonyl (C=O) groups excluding carboxylic acids is 6. The molecule has 0 saturated carbocycles. The number of nitrogens with zero attached hydrogens (tertiary/aromatic N) is 3. The third kappa shape index (κ3) is 17.0. The summed E-state index contributed by atoms with van der Waals surface area (Å²) in [6, 6.07) is 11.5. The lowest BCUT2D eigenvalue weighted by Crippen LogP contribution is -2.54. The lowest BCUT2D eigenvalue weighted by atomic mass is 9.83. The van der Waals surface area contributed by atoms with Gasteiger partial charge in [-0.2, -0.15) is 0 Å². The van der Waals surface area contributed by atoms with E-state index >= 15 is 0 Å². The molecule has 4 amide bonds. The first-order valence-electron chi connectivity index (χ1n) is 26.8. The monoisotopic (exact) mass is 1090 g/mol. The maximum atomic E-state index is 14.8. The molecule has 2 aromatic rings. The number of aliphatic hydroxyl groups excluding tert-OH is 4. The van der Waals surface area contributed by atoms with Crippen LogP contribution in [-0.2, 0) is 54.4 Å². The van der Waals surface area contributed by atoms with E-state index in [4.69, 9.17) is 29.6 Å². The van der Waals surface area contributed by atoms with Crippen LogP contribution < -0.4 is 16.0 Å². The minimum absolute atomic E-state index is 0.0388. The van der Waals surface area contributed by atoms with Gasteiger partial charge in [-0.25, -0.2) is 10.7 Å². The predicted octanol–water partition coefficient (Wildman–Crippen LogP) is 4.41. The Labute approximate surface area is 453 Å². The summed E-state index contributed by atoms with van der Waals surface area (Å²) in [5, 5.41) is 44.3. The number of likely N-dealkylation sites (tertiary alicyclic amines) is 1. The van der Waals surface area contributed by atoms with Gasteiger partial charge >= 0.3 is 6.09 Å². The Balaban J connectivity index is 1.48. The number of aliphatic hydroxyl groups is 4. The van der Waals surface area contributed by atoms with Gasteiger partial charge in [0.2, 0.25) is 18.1 Å². The van der Waals surface area contributed by atoms with Crippen molar-refractivity contribution in [2.45, 2.75) is 162 Å². The van der Waals surface area contributed by atoms with E-state index in [9.17, 15) is 49.2 Å². The van der Waals surface area contributed by atoms with Crippen molar-refractivity contribution in [3.8, 4) is 5.75 Å². The highest BCUT2D eigenvalue weighted by Crippen LogP contribution is 2.34. The number of ketones is 2. The molecule has 21 nitrogen and oxygen atoms in total. The summed E-state index contributed by atoms with van der Waals surface area (Å²) in [5.74, 6) is 0.843. The van der Waals surface area contributed by atoms with Crippen molar-refractivity contribution in [2.24, 2.45) is 41.4 Å². The standard InChI is InChI=1S/C56H87N5O16/c1-13-33(6)49(45(72-11)27-47(66)61-23-17-20-40(61)53(73-12)35(8)41(62)24-34(7)50(67)36-18-15-14-16-19-36)59(9)54(70)39(31(2)3)26-42(63)48(32(4)5)60(10)56(71)75-28-37-25-38(58-46(65)30-76-57)21-22-44(37)77-55-52(69)51(68)43(64)29-74-55/h14-16,18-19,21-22,25,31-35,39-40,43,45,48-53,55,64,67-69H,13,17,20,23-24,26-30,57H2,1-12H3,(H,58,65)/t33-,34-,35-,39-,40-,43?,45+,48-,49?,50+,51?,52?,53+,55?/m0/s1. The molecule has 2 aromatic carbocycles. The van der Waals surface area contributed by atoms with Crippen molar-refractivity contribution in [1.82, 2.24) is 14.7 Å². The summed E-state index contributed by atoms with van der Waals surface area (Å²) in [6.45, 7) is 14.0. The normalized spacial score (nSPS) is 22.2. The highest BCUT2D eigenvalue weighted by molar-refractivity contribution is 5.93. The van der Waals surface area contributed by atoms with E-state index in [1.807, 2.05) is 71.9 Å². The molecule has 432 valence electrons. The highest BCUT2D eigenvalue weighted by Gasteiger charge is 2.44. The number of nitrogens with two attached hydrogens (primary N) is 1. The van der Waals surface area contributed by atoms with Crippen LogP contribution in [-0.4, -0.2) is 174 Å². The lowest BCUT2D eigenvalue weighted by Gasteiger charge is -2.41. The van der Waals surface area contributed by atoms with E-state index in [-0.39, 0.29) is 84.0 Å². The summed E-state index contributed by atoms with van der Waals surface area (Å²) in [4.78, 5) is 92.7. The molecule has 0 aromatic heterocycles. The Morgan fingerprint density at radius 2 is 1.52 bits per heavy atom. The second-order valence-electron chi connectivity index (χ2n) is 21.5. The summed E-state index contributed by atoms with van der Waals surface area (Å²) in [5.41, 5.74) is 1.16. The van der Waals surface area contributed by atoms with Crippen molar-refractivity contribution in [1.29, 1.82) is 0 Å². The van der Waals surface area contributed by atoms with Gasteiger partial charge in [-0.3, -0.25) is 28.8 Å². The fraction of sp³-hybridized carbons (Fsp3) is 0.679. The third-order valence-electron chi connectivity index (χ3n) is 15.4. The number of methoxy groups -OCH3 is 2. The summed E-state index contributed by atoms with van der Waals surface area (Å²) in [7, 11) is 6.14. The smallest absolute Gasteiger partial charge is 0.410 e.